The number of fused-ring (bicyclic) bond motifs is 2. The van der Waals surface area contributed by atoms with Gasteiger partial charge in [-0.05, 0) is 56.0 Å². The molecule has 5 rings (SSSR count). The van der Waals surface area contributed by atoms with Crippen LogP contribution in [0.1, 0.15) is 74.8 Å². The summed E-state index contributed by atoms with van der Waals surface area (Å²) in [6.07, 6.45) is 5.74. The van der Waals surface area contributed by atoms with E-state index < -0.39 is 0 Å². The second-order valence-corrected chi connectivity index (χ2v) is 11.1. The highest BCUT2D eigenvalue weighted by molar-refractivity contribution is 5.99. The first kappa shape index (κ1) is 24.1. The molecule has 1 aliphatic heterocycles. The average molecular weight is 487 g/mol. The van der Waals surface area contributed by atoms with E-state index in [1.54, 1.807) is 18.5 Å². The predicted molar refractivity (Wildman–Crippen MR) is 141 cm³/mol. The van der Waals surface area contributed by atoms with Crippen molar-refractivity contribution in [3.05, 3.63) is 59.2 Å². The van der Waals surface area contributed by atoms with Crippen molar-refractivity contribution in [2.24, 2.45) is 0 Å². The first-order valence-corrected chi connectivity index (χ1v) is 12.5. The molecule has 1 fully saturated rings. The molecule has 2 aliphatic rings. The minimum absolute atomic E-state index is 0.0199. The molecule has 1 aromatic carbocycles. The number of carbonyl (C=O) groups is 1. The zero-order valence-electron chi connectivity index (χ0n) is 21.6. The van der Waals surface area contributed by atoms with Crippen LogP contribution in [0.15, 0.2) is 36.7 Å². The second kappa shape index (κ2) is 9.13. The molecule has 0 bridgehead atoms. The van der Waals surface area contributed by atoms with Gasteiger partial charge in [-0.3, -0.25) is 4.79 Å². The van der Waals surface area contributed by atoms with E-state index >= 15 is 0 Å². The normalized spacial score (nSPS) is 15.9. The van der Waals surface area contributed by atoms with Gasteiger partial charge in [0.1, 0.15) is 23.0 Å². The Bertz CT molecular complexity index is 1290. The lowest BCUT2D eigenvalue weighted by Crippen LogP contribution is -2.33. The van der Waals surface area contributed by atoms with Gasteiger partial charge in [-0.1, -0.05) is 26.8 Å². The summed E-state index contributed by atoms with van der Waals surface area (Å²) in [5.74, 6) is 1.78. The molecule has 1 aliphatic carbocycles. The number of hydrogen-bond acceptors (Lipinski definition) is 8. The third kappa shape index (κ3) is 5.02. The van der Waals surface area contributed by atoms with Crippen LogP contribution in [0.5, 0.6) is 0 Å². The first-order valence-electron chi connectivity index (χ1n) is 12.5. The number of anilines is 4. The highest BCUT2D eigenvalue weighted by atomic mass is 16.1. The van der Waals surface area contributed by atoms with Gasteiger partial charge in [-0.25, -0.2) is 15.0 Å². The summed E-state index contributed by atoms with van der Waals surface area (Å²) in [4.78, 5) is 31.0. The lowest BCUT2D eigenvalue weighted by molar-refractivity contribution is 0.0943. The van der Waals surface area contributed by atoms with Crippen molar-refractivity contribution in [2.45, 2.75) is 70.9 Å². The molecule has 3 aromatic rings. The third-order valence-electron chi connectivity index (χ3n) is 6.59. The molecule has 0 saturated heterocycles. The van der Waals surface area contributed by atoms with Gasteiger partial charge in [-0.2, -0.15) is 4.98 Å². The summed E-state index contributed by atoms with van der Waals surface area (Å²) in [5, 5.41) is 13.0. The van der Waals surface area contributed by atoms with Gasteiger partial charge in [0.25, 0.3) is 5.91 Å². The second-order valence-electron chi connectivity index (χ2n) is 11.1. The zero-order chi connectivity index (χ0) is 25.5. The van der Waals surface area contributed by atoms with E-state index in [0.29, 0.717) is 34.4 Å². The van der Waals surface area contributed by atoms with Crippen LogP contribution >= 0.6 is 0 Å². The molecule has 0 unspecified atom stereocenters. The molecule has 9 nitrogen and oxygen atoms in total. The number of hydrogen-bond donors (Lipinski definition) is 4. The highest BCUT2D eigenvalue weighted by Gasteiger charge is 2.46. The van der Waals surface area contributed by atoms with Crippen LogP contribution in [-0.2, 0) is 17.4 Å². The van der Waals surface area contributed by atoms with Gasteiger partial charge >= 0.3 is 0 Å². The highest BCUT2D eigenvalue weighted by Crippen LogP contribution is 2.50. The molecule has 1 spiro atoms. The lowest BCUT2D eigenvalue weighted by atomic mass is 9.88. The van der Waals surface area contributed by atoms with Crippen LogP contribution in [-0.4, -0.2) is 38.4 Å². The number of benzene rings is 1. The van der Waals surface area contributed by atoms with E-state index in [-0.39, 0.29) is 17.4 Å². The summed E-state index contributed by atoms with van der Waals surface area (Å²) in [6, 6.07) is 8.22. The Morgan fingerprint density at radius 2 is 1.89 bits per heavy atom. The Morgan fingerprint density at radius 1 is 1.08 bits per heavy atom. The molecule has 0 radical (unpaired) electrons. The number of rotatable bonds is 6. The molecule has 0 atom stereocenters. The molecule has 36 heavy (non-hydrogen) atoms. The molecule has 9 heteroatoms. The summed E-state index contributed by atoms with van der Waals surface area (Å²) in [7, 11) is 0. The van der Waals surface area contributed by atoms with Crippen molar-refractivity contribution >= 4 is 29.2 Å². The van der Waals surface area contributed by atoms with Gasteiger partial charge in [-0.15, -0.1) is 0 Å². The molecular weight excluding hydrogens is 452 g/mol. The molecule has 1 saturated carbocycles. The number of carbonyl (C=O) groups excluding carboxylic acids is 1. The number of nitrogens with one attached hydrogen (secondary N) is 4. The fourth-order valence-corrected chi connectivity index (χ4v) is 4.55. The number of aromatic nitrogens is 4. The molecule has 4 N–H and O–H groups in total. The van der Waals surface area contributed by atoms with Gasteiger partial charge < -0.3 is 21.3 Å². The van der Waals surface area contributed by atoms with Gasteiger partial charge in [0.15, 0.2) is 0 Å². The van der Waals surface area contributed by atoms with E-state index in [1.165, 1.54) is 24.0 Å². The van der Waals surface area contributed by atoms with Gasteiger partial charge in [0.05, 0.1) is 0 Å². The van der Waals surface area contributed by atoms with Crippen LogP contribution in [0, 0.1) is 0 Å². The topological polar surface area (TPSA) is 117 Å². The zero-order valence-corrected chi connectivity index (χ0v) is 21.6. The van der Waals surface area contributed by atoms with Crippen LogP contribution in [0.3, 0.4) is 0 Å². The maximum absolute atomic E-state index is 12.9. The third-order valence-corrected chi connectivity index (χ3v) is 6.59. The Balaban J connectivity index is 1.44. The van der Waals surface area contributed by atoms with E-state index in [2.05, 4.69) is 80.2 Å². The minimum Gasteiger partial charge on any atom is -0.350 e. The Morgan fingerprint density at radius 3 is 2.61 bits per heavy atom. The van der Waals surface area contributed by atoms with E-state index in [9.17, 15) is 4.79 Å². The smallest absolute Gasteiger partial charge is 0.256 e. The predicted octanol–water partition coefficient (Wildman–Crippen LogP) is 4.32. The molecule has 2 aromatic heterocycles. The molecule has 3 heterocycles. The number of nitrogens with zero attached hydrogens (tertiary/aromatic N) is 4. The largest absolute Gasteiger partial charge is 0.350 e. The minimum atomic E-state index is -0.251. The summed E-state index contributed by atoms with van der Waals surface area (Å²) < 4.78 is 0. The van der Waals surface area contributed by atoms with E-state index in [4.69, 9.17) is 0 Å². The quantitative estimate of drug-likeness (QED) is 0.407. The van der Waals surface area contributed by atoms with Gasteiger partial charge in [0, 0.05) is 48.0 Å². The Hall–Kier alpha value is -3.59. The van der Waals surface area contributed by atoms with Crippen molar-refractivity contribution in [2.75, 3.05) is 17.2 Å². The monoisotopic (exact) mass is 486 g/mol. The Kier molecular flexibility index (Phi) is 6.12. The summed E-state index contributed by atoms with van der Waals surface area (Å²) in [6.45, 7) is 11.9. The molecule has 1 amide bonds. The fraction of sp³-hybridized carbons (Fsp3) is 0.444. The standard InChI is InChI=1S/C27H34N8O/c1-16(2)31-23(36)19-14-30-25(35-22(19)33-21-8-11-29-24(34-21)26(3,4)5)32-18-6-7-20-17(12-18)13-28-15-27(20)9-10-27/h6-8,11-12,14,16,28H,9-10,13,15H2,1-5H3,(H,31,36)(H2,29,30,32,33,34,35). The van der Waals surface area contributed by atoms with Gasteiger partial charge in [0.2, 0.25) is 5.95 Å². The summed E-state index contributed by atoms with van der Waals surface area (Å²) in [5.41, 5.74) is 4.13. The van der Waals surface area contributed by atoms with Crippen molar-refractivity contribution in [1.29, 1.82) is 0 Å². The first-order chi connectivity index (χ1) is 17.1. The van der Waals surface area contributed by atoms with Crippen LogP contribution < -0.4 is 21.3 Å². The van der Waals surface area contributed by atoms with E-state index in [1.807, 2.05) is 13.8 Å². The average Bonchev–Trinajstić information content (AvgIpc) is 3.58. The maximum Gasteiger partial charge on any atom is 0.256 e. The fourth-order valence-electron chi connectivity index (χ4n) is 4.55. The van der Waals surface area contributed by atoms with Crippen LogP contribution in [0.4, 0.5) is 23.3 Å². The SMILES string of the molecule is CC(C)NC(=O)c1cnc(Nc2ccc3c(c2)CNCC32CC2)nc1Nc1ccnc(C(C)(C)C)n1. The summed E-state index contributed by atoms with van der Waals surface area (Å²) >= 11 is 0. The molecular formula is C27H34N8O. The van der Waals surface area contributed by atoms with Crippen molar-refractivity contribution in [3.8, 4) is 0 Å². The van der Waals surface area contributed by atoms with Crippen molar-refractivity contribution < 1.29 is 4.79 Å². The van der Waals surface area contributed by atoms with Crippen molar-refractivity contribution in [1.82, 2.24) is 30.6 Å². The van der Waals surface area contributed by atoms with Crippen molar-refractivity contribution in [3.63, 3.8) is 0 Å². The lowest BCUT2D eigenvalue weighted by Gasteiger charge is -2.26. The maximum atomic E-state index is 12.9. The Labute approximate surface area is 212 Å². The van der Waals surface area contributed by atoms with Crippen LogP contribution in [0.2, 0.25) is 0 Å². The van der Waals surface area contributed by atoms with E-state index in [0.717, 1.165) is 18.8 Å². The number of amides is 1. The van der Waals surface area contributed by atoms with Crippen LogP contribution in [0.25, 0.3) is 0 Å². The molecule has 188 valence electrons.